The Morgan fingerprint density at radius 2 is 1.67 bits per heavy atom. The van der Waals surface area contributed by atoms with Crippen molar-refractivity contribution in [2.75, 3.05) is 12.4 Å². The predicted octanol–water partition coefficient (Wildman–Crippen LogP) is 4.91. The summed E-state index contributed by atoms with van der Waals surface area (Å²) in [7, 11) is -3.94. The van der Waals surface area contributed by atoms with Crippen molar-refractivity contribution < 1.29 is 31.1 Å². The Morgan fingerprint density at radius 1 is 1.10 bits per heavy atom. The van der Waals surface area contributed by atoms with Crippen LogP contribution in [0.3, 0.4) is 0 Å². The van der Waals surface area contributed by atoms with E-state index in [2.05, 4.69) is 11.8 Å². The third-order valence-corrected chi connectivity index (χ3v) is 6.14. The Labute approximate surface area is 176 Å². The molecule has 0 saturated heterocycles. The van der Waals surface area contributed by atoms with E-state index in [1.54, 1.807) is 39.0 Å². The van der Waals surface area contributed by atoms with Crippen molar-refractivity contribution in [3.05, 3.63) is 41.5 Å². The molecule has 1 heterocycles. The quantitative estimate of drug-likeness (QED) is 0.606. The molecule has 1 aliphatic heterocycles. The van der Waals surface area contributed by atoms with E-state index in [0.29, 0.717) is 0 Å². The summed E-state index contributed by atoms with van der Waals surface area (Å²) in [5, 5.41) is 0. The van der Waals surface area contributed by atoms with Crippen molar-refractivity contribution in [2.24, 2.45) is 5.41 Å². The maximum Gasteiger partial charge on any atom is 0.448 e. The van der Waals surface area contributed by atoms with E-state index in [1.807, 2.05) is 0 Å². The minimum atomic E-state index is -4.96. The second-order valence-electron chi connectivity index (χ2n) is 8.59. The van der Waals surface area contributed by atoms with Gasteiger partial charge in [0.1, 0.15) is 0 Å². The monoisotopic (exact) mass is 444 g/mol. The van der Waals surface area contributed by atoms with Gasteiger partial charge in [-0.15, -0.1) is 0 Å². The highest BCUT2D eigenvalue weighted by Gasteiger charge is 2.67. The first-order valence-electron chi connectivity index (χ1n) is 9.52. The lowest BCUT2D eigenvalue weighted by molar-refractivity contribution is -0.368. The third kappa shape index (κ3) is 4.90. The van der Waals surface area contributed by atoms with Crippen molar-refractivity contribution in [3.8, 4) is 11.8 Å². The zero-order chi connectivity index (χ0) is 23.0. The lowest BCUT2D eigenvalue weighted by Crippen LogP contribution is -2.51. The molecule has 30 heavy (non-hydrogen) atoms. The van der Waals surface area contributed by atoms with Gasteiger partial charge in [0.15, 0.2) is 9.84 Å². The van der Waals surface area contributed by atoms with Gasteiger partial charge in [-0.25, -0.2) is 8.42 Å². The summed E-state index contributed by atoms with van der Waals surface area (Å²) < 4.78 is 79.2. The molecule has 1 atom stereocenters. The van der Waals surface area contributed by atoms with E-state index in [1.165, 1.54) is 32.9 Å². The number of halogens is 3. The highest BCUT2D eigenvalue weighted by molar-refractivity contribution is 7.91. The van der Waals surface area contributed by atoms with Crippen LogP contribution in [0.1, 0.15) is 41.5 Å². The van der Waals surface area contributed by atoms with E-state index >= 15 is 0 Å². The van der Waals surface area contributed by atoms with Gasteiger partial charge in [-0.2, -0.15) is 13.2 Å². The molecule has 4 nitrogen and oxygen atoms in total. The van der Waals surface area contributed by atoms with Gasteiger partial charge < -0.3 is 9.47 Å². The molecule has 0 aromatic heterocycles. The van der Waals surface area contributed by atoms with Gasteiger partial charge in [0.2, 0.25) is 0 Å². The van der Waals surface area contributed by atoms with Crippen molar-refractivity contribution in [3.63, 3.8) is 0 Å². The van der Waals surface area contributed by atoms with E-state index in [-0.39, 0.29) is 17.1 Å². The topological polar surface area (TPSA) is 52.6 Å². The van der Waals surface area contributed by atoms with Crippen LogP contribution in [0, 0.1) is 17.3 Å². The summed E-state index contributed by atoms with van der Waals surface area (Å²) in [6, 6.07) is 7.57. The number of ether oxygens (including phenoxy) is 2. The first-order chi connectivity index (χ1) is 13.6. The summed E-state index contributed by atoms with van der Waals surface area (Å²) in [5.41, 5.74) is -2.73. The molecule has 1 unspecified atom stereocenters. The van der Waals surface area contributed by atoms with Crippen molar-refractivity contribution in [1.82, 2.24) is 0 Å². The van der Waals surface area contributed by atoms with E-state index in [0.717, 1.165) is 0 Å². The molecule has 0 bridgehead atoms. The number of rotatable bonds is 5. The van der Waals surface area contributed by atoms with Crippen LogP contribution in [0.25, 0.3) is 0 Å². The Kier molecular flexibility index (Phi) is 6.54. The fraction of sp³-hybridized carbons (Fsp3) is 0.545. The van der Waals surface area contributed by atoms with Gasteiger partial charge in [0.05, 0.1) is 21.8 Å². The first-order valence-corrected chi connectivity index (χ1v) is 11.2. The lowest BCUT2D eigenvalue weighted by Gasteiger charge is -2.34. The number of sulfone groups is 1. The third-order valence-electron chi connectivity index (χ3n) is 4.48. The van der Waals surface area contributed by atoms with Crippen LogP contribution < -0.4 is 0 Å². The standard InChI is InChI=1S/C22H27F3O4S/c1-7-28-21(22(23,24)25)17(13-14-19(2,3)4)18(20(5,6)29-21)15-30(26,27)16-11-9-8-10-12-16/h8-12H,7,15H2,1-6H3. The predicted molar refractivity (Wildman–Crippen MR) is 108 cm³/mol. The second-order valence-corrected chi connectivity index (χ2v) is 10.6. The molecule has 0 spiro atoms. The smallest absolute Gasteiger partial charge is 0.339 e. The van der Waals surface area contributed by atoms with Gasteiger partial charge in [-0.1, -0.05) is 30.0 Å². The molecular weight excluding hydrogens is 417 g/mol. The summed E-state index contributed by atoms with van der Waals surface area (Å²) in [4.78, 5) is 0.0114. The molecule has 0 fully saturated rings. The van der Waals surface area contributed by atoms with Crippen LogP contribution in [0.5, 0.6) is 0 Å². The van der Waals surface area contributed by atoms with Gasteiger partial charge in [-0.05, 0) is 59.2 Å². The molecule has 166 valence electrons. The van der Waals surface area contributed by atoms with Gasteiger partial charge in [-0.3, -0.25) is 0 Å². The van der Waals surface area contributed by atoms with E-state index in [4.69, 9.17) is 9.47 Å². The van der Waals surface area contributed by atoms with E-state index in [9.17, 15) is 21.6 Å². The van der Waals surface area contributed by atoms with Crippen molar-refractivity contribution in [1.29, 1.82) is 0 Å². The summed E-state index contributed by atoms with van der Waals surface area (Å²) in [6.07, 6.45) is -4.96. The zero-order valence-corrected chi connectivity index (χ0v) is 18.8. The molecule has 2 rings (SSSR count). The zero-order valence-electron chi connectivity index (χ0n) is 18.0. The highest BCUT2D eigenvalue weighted by atomic mass is 32.2. The Hall–Kier alpha value is -1.82. The Morgan fingerprint density at radius 3 is 2.13 bits per heavy atom. The van der Waals surface area contributed by atoms with Crippen LogP contribution in [0.2, 0.25) is 0 Å². The van der Waals surface area contributed by atoms with E-state index < -0.39 is 44.1 Å². The number of hydrogen-bond donors (Lipinski definition) is 0. The highest BCUT2D eigenvalue weighted by Crippen LogP contribution is 2.52. The summed E-state index contributed by atoms with van der Waals surface area (Å²) in [6.45, 7) is 9.15. The number of benzene rings is 1. The lowest BCUT2D eigenvalue weighted by atomic mass is 9.92. The normalized spacial score (nSPS) is 22.0. The molecule has 0 amide bonds. The van der Waals surface area contributed by atoms with Gasteiger partial charge >= 0.3 is 12.0 Å². The SMILES string of the molecule is CCOC1(C(F)(F)F)OC(C)(C)C(CS(=O)(=O)c2ccccc2)=C1C#CC(C)(C)C. The molecule has 0 radical (unpaired) electrons. The van der Waals surface area contributed by atoms with Crippen LogP contribution in [0.15, 0.2) is 46.4 Å². The van der Waals surface area contributed by atoms with Crippen molar-refractivity contribution in [2.45, 2.75) is 64.0 Å². The average Bonchev–Trinajstić information content (AvgIpc) is 2.80. The molecule has 1 aromatic carbocycles. The summed E-state index contributed by atoms with van der Waals surface area (Å²) in [5.74, 6) is 1.57. The largest absolute Gasteiger partial charge is 0.448 e. The first kappa shape index (κ1) is 24.4. The summed E-state index contributed by atoms with van der Waals surface area (Å²) >= 11 is 0. The second kappa shape index (κ2) is 8.03. The van der Waals surface area contributed by atoms with Crippen LogP contribution in [-0.4, -0.2) is 38.3 Å². The van der Waals surface area contributed by atoms with Crippen LogP contribution in [0.4, 0.5) is 13.2 Å². The Bertz CT molecular complexity index is 975. The minimum Gasteiger partial charge on any atom is -0.339 e. The molecule has 0 N–H and O–H groups in total. The molecule has 0 saturated carbocycles. The maximum atomic E-state index is 14.2. The molecule has 1 aromatic rings. The van der Waals surface area contributed by atoms with Gasteiger partial charge in [0, 0.05) is 12.0 Å². The van der Waals surface area contributed by atoms with Gasteiger partial charge in [0.25, 0.3) is 0 Å². The Balaban J connectivity index is 2.79. The fourth-order valence-electron chi connectivity index (χ4n) is 3.11. The maximum absolute atomic E-state index is 14.2. The fourth-order valence-corrected chi connectivity index (χ4v) is 4.72. The van der Waals surface area contributed by atoms with Crippen LogP contribution in [-0.2, 0) is 19.3 Å². The molecule has 0 aliphatic carbocycles. The minimum absolute atomic E-state index is 0.0114. The molecule has 1 aliphatic rings. The number of alkyl halides is 3. The molecular formula is C22H27F3O4S. The number of hydrogen-bond acceptors (Lipinski definition) is 4. The average molecular weight is 445 g/mol. The van der Waals surface area contributed by atoms with Crippen molar-refractivity contribution >= 4 is 9.84 Å². The molecule has 8 heteroatoms. The van der Waals surface area contributed by atoms with Crippen LogP contribution >= 0.6 is 0 Å².